The van der Waals surface area contributed by atoms with E-state index in [0.717, 1.165) is 17.1 Å². The van der Waals surface area contributed by atoms with Crippen LogP contribution >= 0.6 is 0 Å². The van der Waals surface area contributed by atoms with Gasteiger partial charge in [-0.15, -0.1) is 0 Å². The third kappa shape index (κ3) is 4.57. The SMILES string of the molecule is Cc1cc(-c2cccc3ccccc23)ccc1N(c1ccc(-n2c3ccccc3c3ccccc32)cc1)c1ccc2c(c1)C(C)(C)c1ccccc1-2. The van der Waals surface area contributed by atoms with Gasteiger partial charge in [-0.2, -0.15) is 0 Å². The fourth-order valence-corrected chi connectivity index (χ4v) is 8.76. The van der Waals surface area contributed by atoms with E-state index < -0.39 is 0 Å². The van der Waals surface area contributed by atoms with Crippen molar-refractivity contribution in [2.45, 2.75) is 26.2 Å². The van der Waals surface area contributed by atoms with E-state index in [-0.39, 0.29) is 5.41 Å². The van der Waals surface area contributed by atoms with Gasteiger partial charge in [-0.05, 0) is 117 Å². The highest BCUT2D eigenvalue weighted by Gasteiger charge is 2.35. The monoisotopic (exact) mass is 666 g/mol. The maximum atomic E-state index is 2.44. The molecule has 10 rings (SSSR count). The number of anilines is 3. The zero-order chi connectivity index (χ0) is 35.0. The fourth-order valence-electron chi connectivity index (χ4n) is 8.76. The summed E-state index contributed by atoms with van der Waals surface area (Å²) in [6, 6.07) is 64.7. The lowest BCUT2D eigenvalue weighted by atomic mass is 9.82. The number of fused-ring (bicyclic) bond motifs is 7. The van der Waals surface area contributed by atoms with Crippen LogP contribution in [-0.4, -0.2) is 4.57 Å². The second-order valence-corrected chi connectivity index (χ2v) is 14.6. The van der Waals surface area contributed by atoms with Crippen LogP contribution < -0.4 is 4.90 Å². The van der Waals surface area contributed by atoms with Gasteiger partial charge in [0.15, 0.2) is 0 Å². The topological polar surface area (TPSA) is 8.17 Å². The molecule has 2 nitrogen and oxygen atoms in total. The van der Waals surface area contributed by atoms with Gasteiger partial charge in [-0.3, -0.25) is 0 Å². The Kier molecular flexibility index (Phi) is 6.78. The first kappa shape index (κ1) is 30.4. The molecular weight excluding hydrogens is 629 g/mol. The number of hydrogen-bond acceptors (Lipinski definition) is 1. The molecule has 2 heteroatoms. The van der Waals surface area contributed by atoms with Gasteiger partial charge >= 0.3 is 0 Å². The molecule has 0 amide bonds. The van der Waals surface area contributed by atoms with Crippen LogP contribution in [0.5, 0.6) is 0 Å². The lowest BCUT2D eigenvalue weighted by molar-refractivity contribution is 0.660. The summed E-state index contributed by atoms with van der Waals surface area (Å²) in [7, 11) is 0. The van der Waals surface area contributed by atoms with E-state index in [2.05, 4.69) is 206 Å². The molecule has 0 N–H and O–H groups in total. The van der Waals surface area contributed by atoms with Crippen molar-refractivity contribution < 1.29 is 0 Å². The van der Waals surface area contributed by atoms with Crippen molar-refractivity contribution >= 4 is 49.6 Å². The van der Waals surface area contributed by atoms with Gasteiger partial charge in [0.1, 0.15) is 0 Å². The van der Waals surface area contributed by atoms with Crippen molar-refractivity contribution in [3.63, 3.8) is 0 Å². The van der Waals surface area contributed by atoms with Gasteiger partial charge in [0.05, 0.1) is 11.0 Å². The van der Waals surface area contributed by atoms with Crippen molar-refractivity contribution in [2.24, 2.45) is 0 Å². The Bertz CT molecular complexity index is 2780. The molecule has 52 heavy (non-hydrogen) atoms. The van der Waals surface area contributed by atoms with E-state index in [1.807, 2.05) is 0 Å². The number of para-hydroxylation sites is 2. The van der Waals surface area contributed by atoms with Crippen molar-refractivity contribution in [2.75, 3.05) is 4.90 Å². The van der Waals surface area contributed by atoms with E-state index in [9.17, 15) is 0 Å². The minimum Gasteiger partial charge on any atom is -0.310 e. The maximum Gasteiger partial charge on any atom is 0.0541 e. The number of aryl methyl sites for hydroxylation is 1. The number of hydrogen-bond donors (Lipinski definition) is 0. The Morgan fingerprint density at radius 3 is 1.81 bits per heavy atom. The van der Waals surface area contributed by atoms with E-state index in [1.165, 1.54) is 77.2 Å². The quantitative estimate of drug-likeness (QED) is 0.177. The lowest BCUT2D eigenvalue weighted by Gasteiger charge is -2.29. The smallest absolute Gasteiger partial charge is 0.0541 e. The first-order valence-corrected chi connectivity index (χ1v) is 18.2. The molecule has 248 valence electrons. The Balaban J connectivity index is 1.13. The van der Waals surface area contributed by atoms with Crippen LogP contribution in [0.4, 0.5) is 17.1 Å². The molecule has 0 radical (unpaired) electrons. The molecule has 0 saturated carbocycles. The molecule has 0 fully saturated rings. The number of aromatic nitrogens is 1. The van der Waals surface area contributed by atoms with Gasteiger partial charge in [0.25, 0.3) is 0 Å². The molecule has 0 spiro atoms. The van der Waals surface area contributed by atoms with Crippen LogP contribution in [0.2, 0.25) is 0 Å². The average molecular weight is 667 g/mol. The van der Waals surface area contributed by atoms with Crippen molar-refractivity contribution in [3.05, 3.63) is 193 Å². The predicted molar refractivity (Wildman–Crippen MR) is 221 cm³/mol. The summed E-state index contributed by atoms with van der Waals surface area (Å²) < 4.78 is 2.39. The standard InChI is InChI=1S/C50H38N2/c1-33-31-35(40-19-12-14-34-13-4-5-15-39(34)40)23-30-47(33)51(38-28-29-42-41-16-6-9-20-45(41)50(2,3)46(42)32-38)36-24-26-37(27-25-36)52-48-21-10-7-17-43(48)44-18-8-11-22-49(44)52/h4-32H,1-3H3. The lowest BCUT2D eigenvalue weighted by Crippen LogP contribution is -2.17. The van der Waals surface area contributed by atoms with E-state index in [1.54, 1.807) is 0 Å². The molecular formula is C50H38N2. The van der Waals surface area contributed by atoms with E-state index >= 15 is 0 Å². The Morgan fingerprint density at radius 2 is 1.06 bits per heavy atom. The zero-order valence-corrected chi connectivity index (χ0v) is 29.6. The first-order chi connectivity index (χ1) is 25.5. The molecule has 8 aromatic carbocycles. The normalized spacial score (nSPS) is 13.1. The summed E-state index contributed by atoms with van der Waals surface area (Å²) in [6.07, 6.45) is 0. The third-order valence-corrected chi connectivity index (χ3v) is 11.3. The van der Waals surface area contributed by atoms with Crippen LogP contribution in [0.25, 0.3) is 60.5 Å². The molecule has 0 aliphatic heterocycles. The molecule has 0 atom stereocenters. The van der Waals surface area contributed by atoms with Crippen LogP contribution in [0.3, 0.4) is 0 Å². The van der Waals surface area contributed by atoms with Crippen LogP contribution in [-0.2, 0) is 5.41 Å². The van der Waals surface area contributed by atoms with Crippen molar-refractivity contribution in [1.29, 1.82) is 0 Å². The summed E-state index contributed by atoms with van der Waals surface area (Å²) in [5.41, 5.74) is 16.1. The molecule has 1 aliphatic rings. The molecule has 0 bridgehead atoms. The summed E-state index contributed by atoms with van der Waals surface area (Å²) in [4.78, 5) is 2.44. The van der Waals surface area contributed by atoms with Gasteiger partial charge < -0.3 is 9.47 Å². The van der Waals surface area contributed by atoms with Gasteiger partial charge in [-0.1, -0.05) is 129 Å². The van der Waals surface area contributed by atoms with Gasteiger partial charge in [-0.25, -0.2) is 0 Å². The molecule has 1 heterocycles. The van der Waals surface area contributed by atoms with E-state index in [4.69, 9.17) is 0 Å². The highest BCUT2D eigenvalue weighted by molar-refractivity contribution is 6.09. The third-order valence-electron chi connectivity index (χ3n) is 11.3. The van der Waals surface area contributed by atoms with Crippen LogP contribution in [0.1, 0.15) is 30.5 Å². The molecule has 9 aromatic rings. The molecule has 0 unspecified atom stereocenters. The largest absolute Gasteiger partial charge is 0.310 e. The summed E-state index contributed by atoms with van der Waals surface area (Å²) >= 11 is 0. The summed E-state index contributed by atoms with van der Waals surface area (Å²) in [5, 5.41) is 5.07. The van der Waals surface area contributed by atoms with Gasteiger partial charge in [0.2, 0.25) is 0 Å². The molecule has 0 saturated heterocycles. The van der Waals surface area contributed by atoms with E-state index in [0.29, 0.717) is 0 Å². The van der Waals surface area contributed by atoms with Gasteiger partial charge in [0, 0.05) is 38.9 Å². The highest BCUT2D eigenvalue weighted by atomic mass is 15.1. The maximum absolute atomic E-state index is 2.44. The van der Waals surface area contributed by atoms with Crippen LogP contribution in [0.15, 0.2) is 176 Å². The van der Waals surface area contributed by atoms with Crippen LogP contribution in [0, 0.1) is 6.92 Å². The Hall–Kier alpha value is -6.38. The molecule has 1 aliphatic carbocycles. The zero-order valence-electron chi connectivity index (χ0n) is 29.6. The average Bonchev–Trinajstić information content (AvgIpc) is 3.64. The first-order valence-electron chi connectivity index (χ1n) is 18.2. The van der Waals surface area contributed by atoms with Crippen molar-refractivity contribution in [1.82, 2.24) is 4.57 Å². The minimum absolute atomic E-state index is 0.0960. The second-order valence-electron chi connectivity index (χ2n) is 14.6. The second kappa shape index (κ2) is 11.6. The number of benzene rings is 8. The Labute approximate surface area is 304 Å². The Morgan fingerprint density at radius 1 is 0.462 bits per heavy atom. The fraction of sp³-hybridized carbons (Fsp3) is 0.0800. The summed E-state index contributed by atoms with van der Waals surface area (Å²) in [5.74, 6) is 0. The van der Waals surface area contributed by atoms with Crippen molar-refractivity contribution in [3.8, 4) is 27.9 Å². The number of nitrogens with zero attached hydrogens (tertiary/aromatic N) is 2. The number of rotatable bonds is 5. The predicted octanol–water partition coefficient (Wildman–Crippen LogP) is 13.7. The summed E-state index contributed by atoms with van der Waals surface area (Å²) in [6.45, 7) is 6.96. The highest BCUT2D eigenvalue weighted by Crippen LogP contribution is 2.51. The minimum atomic E-state index is -0.0960. The molecule has 1 aromatic heterocycles.